The highest BCUT2D eigenvalue weighted by molar-refractivity contribution is 5.87. The Hall–Kier alpha value is -2.86. The number of aryl methyl sites for hydroxylation is 1. The molecule has 38 heavy (non-hydrogen) atoms. The lowest BCUT2D eigenvalue weighted by atomic mass is 10.0. The highest BCUT2D eigenvalue weighted by atomic mass is 16.5. The van der Waals surface area contributed by atoms with Crippen molar-refractivity contribution in [3.8, 4) is 0 Å². The fraction of sp³-hybridized carbons (Fsp3) is 0.630. The predicted molar refractivity (Wildman–Crippen MR) is 146 cm³/mol. The van der Waals surface area contributed by atoms with Crippen molar-refractivity contribution < 1.29 is 28.7 Å². The minimum Gasteiger partial charge on any atom is -0.377 e. The molecule has 1 rings (SSSR count). The Balaban J connectivity index is 2.16. The molecule has 0 saturated heterocycles. The second kappa shape index (κ2) is 20.1. The zero-order valence-electron chi connectivity index (χ0n) is 23.0. The Morgan fingerprint density at radius 2 is 1.58 bits per heavy atom. The molecule has 11 nitrogen and oxygen atoms in total. The van der Waals surface area contributed by atoms with Gasteiger partial charge in [0.1, 0.15) is 6.61 Å². The van der Waals surface area contributed by atoms with E-state index >= 15 is 0 Å². The molecule has 3 amide bonds. The largest absolute Gasteiger partial charge is 0.377 e. The van der Waals surface area contributed by atoms with E-state index in [0.29, 0.717) is 52.0 Å². The van der Waals surface area contributed by atoms with Crippen LogP contribution in [0.25, 0.3) is 0 Å². The lowest BCUT2D eigenvalue weighted by molar-refractivity contribution is -0.126. The van der Waals surface area contributed by atoms with Gasteiger partial charge in [0.2, 0.25) is 17.7 Å². The fourth-order valence-electron chi connectivity index (χ4n) is 3.57. The van der Waals surface area contributed by atoms with Crippen molar-refractivity contribution in [2.24, 2.45) is 5.73 Å². The number of carbonyl (C=O) groups excluding carboxylic acids is 4. The van der Waals surface area contributed by atoms with E-state index in [2.05, 4.69) is 21.3 Å². The number of unbranched alkanes of at least 4 members (excludes halogenated alkanes) is 1. The lowest BCUT2D eigenvalue weighted by Crippen LogP contribution is -2.48. The van der Waals surface area contributed by atoms with Crippen LogP contribution >= 0.6 is 0 Å². The third kappa shape index (κ3) is 15.4. The second-order valence-electron chi connectivity index (χ2n) is 9.05. The van der Waals surface area contributed by atoms with Crippen LogP contribution in [-0.4, -0.2) is 88.7 Å². The quantitative estimate of drug-likeness (QED) is 0.130. The van der Waals surface area contributed by atoms with Crippen LogP contribution in [0.15, 0.2) is 24.3 Å². The summed E-state index contributed by atoms with van der Waals surface area (Å²) in [7, 11) is 1.73. The van der Waals surface area contributed by atoms with Gasteiger partial charge >= 0.3 is 0 Å². The summed E-state index contributed by atoms with van der Waals surface area (Å²) in [5.41, 5.74) is 7.63. The minimum atomic E-state index is -0.628. The molecule has 6 N–H and O–H groups in total. The third-order valence-electron chi connectivity index (χ3n) is 5.90. The number of hydrogen-bond acceptors (Lipinski definition) is 8. The topological polar surface area (TPSA) is 161 Å². The van der Waals surface area contributed by atoms with Gasteiger partial charge in [0, 0.05) is 19.5 Å². The van der Waals surface area contributed by atoms with E-state index in [-0.39, 0.29) is 43.4 Å². The molecule has 2 atom stereocenters. The van der Waals surface area contributed by atoms with Crippen molar-refractivity contribution >= 4 is 23.5 Å². The van der Waals surface area contributed by atoms with Crippen molar-refractivity contribution in [3.05, 3.63) is 35.4 Å². The number of benzene rings is 1. The van der Waals surface area contributed by atoms with Crippen LogP contribution in [0, 0.1) is 6.92 Å². The summed E-state index contributed by atoms with van der Waals surface area (Å²) < 4.78 is 10.6. The molecule has 1 aromatic carbocycles. The van der Waals surface area contributed by atoms with Crippen LogP contribution in [0.5, 0.6) is 0 Å². The predicted octanol–water partition coefficient (Wildman–Crippen LogP) is -0.0160. The Labute approximate surface area is 226 Å². The van der Waals surface area contributed by atoms with E-state index in [0.717, 1.165) is 17.5 Å². The van der Waals surface area contributed by atoms with E-state index in [9.17, 15) is 19.2 Å². The monoisotopic (exact) mass is 535 g/mol. The summed E-state index contributed by atoms with van der Waals surface area (Å²) >= 11 is 0. The highest BCUT2D eigenvalue weighted by Gasteiger charge is 2.20. The van der Waals surface area contributed by atoms with Gasteiger partial charge < -0.3 is 31.2 Å². The molecule has 0 radical (unpaired) electrons. The number of rotatable bonds is 22. The average Bonchev–Trinajstić information content (AvgIpc) is 2.90. The maximum absolute atomic E-state index is 12.7. The summed E-state index contributed by atoms with van der Waals surface area (Å²) in [5, 5.41) is 11.5. The summed E-state index contributed by atoms with van der Waals surface area (Å²) in [4.78, 5) is 47.5. The number of likely N-dealkylation sites (N-methyl/N-ethyl adjacent to an activating group) is 1. The molecular formula is C27H45N5O6. The van der Waals surface area contributed by atoms with Crippen LogP contribution < -0.4 is 27.0 Å². The highest BCUT2D eigenvalue weighted by Crippen LogP contribution is 2.07. The van der Waals surface area contributed by atoms with Gasteiger partial charge in [-0.15, -0.1) is 0 Å². The van der Waals surface area contributed by atoms with Gasteiger partial charge in [0.25, 0.3) is 0 Å². The van der Waals surface area contributed by atoms with Gasteiger partial charge in [-0.1, -0.05) is 36.8 Å². The molecule has 214 valence electrons. The Kier molecular flexibility index (Phi) is 17.6. The molecular weight excluding hydrogens is 490 g/mol. The van der Waals surface area contributed by atoms with Crippen LogP contribution in [0.2, 0.25) is 0 Å². The minimum absolute atomic E-state index is 0.0190. The summed E-state index contributed by atoms with van der Waals surface area (Å²) in [6, 6.07) is 6.86. The Bertz CT molecular complexity index is 849. The lowest BCUT2D eigenvalue weighted by Gasteiger charge is -2.19. The number of amides is 3. The van der Waals surface area contributed by atoms with E-state index < -0.39 is 11.9 Å². The number of hydrogen-bond donors (Lipinski definition) is 5. The van der Waals surface area contributed by atoms with Gasteiger partial charge in [-0.05, 0) is 45.2 Å². The normalized spacial score (nSPS) is 12.5. The van der Waals surface area contributed by atoms with Crippen molar-refractivity contribution in [1.82, 2.24) is 21.3 Å². The maximum Gasteiger partial charge on any atom is 0.245 e. The summed E-state index contributed by atoms with van der Waals surface area (Å²) in [6.07, 6.45) is 2.93. The van der Waals surface area contributed by atoms with Gasteiger partial charge in [-0.2, -0.15) is 0 Å². The SMILES string of the molecule is CCC(=O)NCCOCCOCC(=O)NCCCC[C@H](NC)C(=O)CN[C@@H](Cc1ccc(C)cc1)C(N)=O. The molecule has 11 heteroatoms. The number of nitrogens with one attached hydrogen (secondary N) is 4. The molecule has 0 aromatic heterocycles. The second-order valence-corrected chi connectivity index (χ2v) is 9.05. The molecule has 0 saturated carbocycles. The first-order chi connectivity index (χ1) is 18.3. The number of ether oxygens (including phenoxy) is 2. The third-order valence-corrected chi connectivity index (χ3v) is 5.90. The Morgan fingerprint density at radius 1 is 0.895 bits per heavy atom. The molecule has 0 fully saturated rings. The number of carbonyl (C=O) groups is 4. The molecule has 1 aromatic rings. The van der Waals surface area contributed by atoms with Gasteiger partial charge in [-0.3, -0.25) is 24.5 Å². The standard InChI is InChI=1S/C27H45N5O6/c1-4-25(34)31-13-14-37-15-16-38-19-26(35)30-12-6-5-7-22(29-3)24(33)18-32-23(27(28)36)17-21-10-8-20(2)9-11-21/h8-11,22-23,29,32H,4-7,12-19H2,1-3H3,(H2,28,36)(H,30,35)(H,31,34)/t22-,23-/m0/s1. The van der Waals surface area contributed by atoms with Crippen LogP contribution in [-0.2, 0) is 35.1 Å². The smallest absolute Gasteiger partial charge is 0.245 e. The van der Waals surface area contributed by atoms with Crippen molar-refractivity contribution in [2.45, 2.75) is 58.0 Å². The summed E-state index contributed by atoms with van der Waals surface area (Å²) in [6.45, 7) is 5.72. The first-order valence-electron chi connectivity index (χ1n) is 13.2. The van der Waals surface area contributed by atoms with Crippen molar-refractivity contribution in [3.63, 3.8) is 0 Å². The number of nitrogens with two attached hydrogens (primary N) is 1. The average molecular weight is 536 g/mol. The van der Waals surface area contributed by atoms with Gasteiger partial charge in [-0.25, -0.2) is 0 Å². The molecule has 0 aliphatic carbocycles. The molecule has 0 heterocycles. The molecule has 0 unspecified atom stereocenters. The number of primary amides is 1. The zero-order valence-corrected chi connectivity index (χ0v) is 23.0. The Morgan fingerprint density at radius 3 is 2.24 bits per heavy atom. The van der Waals surface area contributed by atoms with E-state index in [4.69, 9.17) is 15.2 Å². The van der Waals surface area contributed by atoms with E-state index in [1.165, 1.54) is 0 Å². The van der Waals surface area contributed by atoms with Gasteiger partial charge in [0.05, 0.1) is 38.4 Å². The zero-order chi connectivity index (χ0) is 28.2. The molecule has 0 bridgehead atoms. The molecule has 0 aliphatic heterocycles. The fourth-order valence-corrected chi connectivity index (χ4v) is 3.57. The van der Waals surface area contributed by atoms with Gasteiger partial charge in [0.15, 0.2) is 5.78 Å². The maximum atomic E-state index is 12.7. The van der Waals surface area contributed by atoms with E-state index in [1.54, 1.807) is 14.0 Å². The van der Waals surface area contributed by atoms with Crippen molar-refractivity contribution in [2.75, 3.05) is 53.1 Å². The summed E-state index contributed by atoms with van der Waals surface area (Å²) in [5.74, 6) is -0.773. The number of Topliss-reactive ketones (excluding diaryl/α,β-unsaturated/α-hetero) is 1. The van der Waals surface area contributed by atoms with E-state index in [1.807, 2.05) is 31.2 Å². The van der Waals surface area contributed by atoms with Crippen LogP contribution in [0.3, 0.4) is 0 Å². The van der Waals surface area contributed by atoms with Crippen LogP contribution in [0.1, 0.15) is 43.7 Å². The van der Waals surface area contributed by atoms with Crippen LogP contribution in [0.4, 0.5) is 0 Å². The first kappa shape index (κ1) is 33.2. The molecule has 0 aliphatic rings. The van der Waals surface area contributed by atoms with Crippen molar-refractivity contribution in [1.29, 1.82) is 0 Å². The molecule has 0 spiro atoms. The number of ketones is 1. The first-order valence-corrected chi connectivity index (χ1v) is 13.2.